The van der Waals surface area contributed by atoms with E-state index >= 15 is 0 Å². The maximum atomic E-state index is 10.8. The number of hydrogen-bond acceptors (Lipinski definition) is 3. The molecule has 0 atom stereocenters. The van der Waals surface area contributed by atoms with E-state index in [4.69, 9.17) is 7.85 Å². The van der Waals surface area contributed by atoms with Gasteiger partial charge in [-0.1, -0.05) is 0 Å². The van der Waals surface area contributed by atoms with Crippen molar-refractivity contribution in [1.82, 2.24) is 4.98 Å². The highest BCUT2D eigenvalue weighted by molar-refractivity contribution is 5.94. The Morgan fingerprint density at radius 2 is 2.27 bits per heavy atom. The average Bonchev–Trinajstić information content (AvgIpc) is 2.56. The lowest BCUT2D eigenvalue weighted by molar-refractivity contribution is -0.384. The quantitative estimate of drug-likeness (QED) is 0.580. The molecule has 1 heterocycles. The van der Waals surface area contributed by atoms with Crippen LogP contribution in [-0.4, -0.2) is 21.0 Å². The molecule has 0 unspecified atom stereocenters. The molecule has 2 rings (SSSR count). The fourth-order valence-electron chi connectivity index (χ4n) is 1.19. The number of H-pyrrole nitrogens is 1. The highest BCUT2D eigenvalue weighted by Gasteiger charge is 2.11. The first kappa shape index (κ1) is 6.99. The van der Waals surface area contributed by atoms with Gasteiger partial charge >= 0.3 is 5.97 Å². The Morgan fingerprint density at radius 1 is 1.53 bits per heavy atom. The number of carbonyl (C=O) groups is 1. The third-order valence-electron chi connectivity index (χ3n) is 1.85. The van der Waals surface area contributed by atoms with Crippen LogP contribution in [0.3, 0.4) is 0 Å². The molecule has 6 heteroatoms. The number of nitrogens with zero attached hydrogens (tertiary/aromatic N) is 1. The summed E-state index contributed by atoms with van der Waals surface area (Å²) in [6, 6.07) is 1.52. The van der Waals surface area contributed by atoms with Crippen LogP contribution in [0.15, 0.2) is 24.2 Å². The SMILES string of the molecule is [2H]c1c([N+](=O)[O-])ccc2[nH]c(C(=O)O)c([2H])c12. The molecular formula is C9H6N2O4. The molecule has 0 saturated heterocycles. The van der Waals surface area contributed by atoms with Crippen molar-refractivity contribution in [2.24, 2.45) is 0 Å². The zero-order valence-electron chi connectivity index (χ0n) is 9.27. The van der Waals surface area contributed by atoms with Crippen LogP contribution in [0.4, 0.5) is 5.69 Å². The second kappa shape index (κ2) is 3.09. The van der Waals surface area contributed by atoms with Gasteiger partial charge in [-0.25, -0.2) is 4.79 Å². The van der Waals surface area contributed by atoms with Crippen LogP contribution in [0.25, 0.3) is 10.9 Å². The second-order valence-corrected chi connectivity index (χ2v) is 2.82. The number of aromatic nitrogens is 1. The molecule has 1 aromatic heterocycles. The summed E-state index contributed by atoms with van der Waals surface area (Å²) >= 11 is 0. The largest absolute Gasteiger partial charge is 0.477 e. The van der Waals surface area contributed by atoms with Gasteiger partial charge in [0.1, 0.15) is 5.69 Å². The van der Waals surface area contributed by atoms with Crippen LogP contribution < -0.4 is 0 Å². The Bertz CT molecular complexity index is 638. The molecule has 0 aliphatic carbocycles. The Labute approximate surface area is 86.1 Å². The molecule has 6 nitrogen and oxygen atoms in total. The van der Waals surface area contributed by atoms with Crippen molar-refractivity contribution in [3.63, 3.8) is 0 Å². The summed E-state index contributed by atoms with van der Waals surface area (Å²) in [5, 5.41) is 19.3. The van der Waals surface area contributed by atoms with Crippen molar-refractivity contribution in [3.8, 4) is 0 Å². The molecule has 0 radical (unpaired) electrons. The van der Waals surface area contributed by atoms with Crippen molar-refractivity contribution >= 4 is 22.6 Å². The van der Waals surface area contributed by atoms with Crippen molar-refractivity contribution in [3.05, 3.63) is 40.0 Å². The zero-order valence-corrected chi connectivity index (χ0v) is 7.27. The van der Waals surface area contributed by atoms with Crippen molar-refractivity contribution in [1.29, 1.82) is 0 Å². The minimum Gasteiger partial charge on any atom is -0.477 e. The van der Waals surface area contributed by atoms with Gasteiger partial charge in [0.05, 0.1) is 7.66 Å². The van der Waals surface area contributed by atoms with E-state index in [0.29, 0.717) is 0 Å². The van der Waals surface area contributed by atoms with Crippen molar-refractivity contribution in [2.45, 2.75) is 0 Å². The van der Waals surface area contributed by atoms with Crippen molar-refractivity contribution < 1.29 is 17.6 Å². The fraction of sp³-hybridized carbons (Fsp3) is 0. The van der Waals surface area contributed by atoms with E-state index in [9.17, 15) is 14.9 Å². The number of fused-ring (bicyclic) bond motifs is 1. The number of hydrogen-bond donors (Lipinski definition) is 2. The molecule has 1 aromatic carbocycles. The summed E-state index contributed by atoms with van der Waals surface area (Å²) in [6.45, 7) is 0. The van der Waals surface area contributed by atoms with E-state index in [1.165, 1.54) is 6.07 Å². The van der Waals surface area contributed by atoms with Crippen LogP contribution in [0, 0.1) is 10.1 Å². The van der Waals surface area contributed by atoms with E-state index in [1.807, 2.05) is 0 Å². The average molecular weight is 208 g/mol. The summed E-state index contributed by atoms with van der Waals surface area (Å²) in [5.41, 5.74) is -0.612. The molecule has 2 aromatic rings. The Hall–Kier alpha value is -2.37. The molecule has 0 spiro atoms. The number of benzene rings is 1. The van der Waals surface area contributed by atoms with Gasteiger partial charge in [-0.15, -0.1) is 0 Å². The van der Waals surface area contributed by atoms with E-state index in [-0.39, 0.29) is 16.6 Å². The van der Waals surface area contributed by atoms with Crippen molar-refractivity contribution in [2.75, 3.05) is 0 Å². The van der Waals surface area contributed by atoms with Crippen LogP contribution in [0.1, 0.15) is 13.2 Å². The molecule has 0 saturated carbocycles. The number of rotatable bonds is 2. The standard InChI is InChI=1S/C9H6N2O4/c12-9(13)8-4-5-3-6(11(14)15)1-2-7(5)10-8/h1-4,10H,(H,12,13)/i3D,4D. The van der Waals surface area contributed by atoms with Gasteiger partial charge in [-0.2, -0.15) is 0 Å². The van der Waals surface area contributed by atoms with Crippen LogP contribution in [0.5, 0.6) is 0 Å². The lowest BCUT2D eigenvalue weighted by atomic mass is 10.2. The number of aromatic amines is 1. The monoisotopic (exact) mass is 208 g/mol. The molecule has 0 fully saturated rings. The first-order chi connectivity index (χ1) is 7.93. The fourth-order valence-corrected chi connectivity index (χ4v) is 1.19. The van der Waals surface area contributed by atoms with Gasteiger partial charge in [0, 0.05) is 23.0 Å². The van der Waals surface area contributed by atoms with Crippen LogP contribution in [0.2, 0.25) is 0 Å². The van der Waals surface area contributed by atoms with Gasteiger partial charge < -0.3 is 10.1 Å². The molecule has 15 heavy (non-hydrogen) atoms. The van der Waals surface area contributed by atoms with E-state index in [2.05, 4.69) is 4.98 Å². The number of carboxylic acids is 1. The molecule has 0 amide bonds. The molecule has 0 bridgehead atoms. The maximum absolute atomic E-state index is 10.8. The predicted molar refractivity (Wildman–Crippen MR) is 51.9 cm³/mol. The lowest BCUT2D eigenvalue weighted by Gasteiger charge is -1.90. The summed E-state index contributed by atoms with van der Waals surface area (Å²) in [6.07, 6.45) is 0. The predicted octanol–water partition coefficient (Wildman–Crippen LogP) is 1.77. The highest BCUT2D eigenvalue weighted by Crippen LogP contribution is 2.21. The molecule has 2 N–H and O–H groups in total. The number of nitro benzene ring substituents is 1. The van der Waals surface area contributed by atoms with Gasteiger partial charge in [0.25, 0.3) is 5.69 Å². The smallest absolute Gasteiger partial charge is 0.352 e. The summed E-state index contributed by atoms with van der Waals surface area (Å²) in [4.78, 5) is 23.1. The van der Waals surface area contributed by atoms with Gasteiger partial charge in [0.2, 0.25) is 0 Å². The minimum atomic E-state index is -1.34. The van der Waals surface area contributed by atoms with Crippen LogP contribution in [-0.2, 0) is 0 Å². The number of aromatic carboxylic acids is 1. The van der Waals surface area contributed by atoms with Gasteiger partial charge in [-0.05, 0) is 12.1 Å². The molecular weight excluding hydrogens is 200 g/mol. The maximum Gasteiger partial charge on any atom is 0.352 e. The van der Waals surface area contributed by atoms with Gasteiger partial charge in [0.15, 0.2) is 0 Å². The summed E-state index contributed by atoms with van der Waals surface area (Å²) < 4.78 is 15.2. The van der Waals surface area contributed by atoms with E-state index in [0.717, 1.165) is 6.07 Å². The first-order valence-electron chi connectivity index (χ1n) is 4.93. The summed E-state index contributed by atoms with van der Waals surface area (Å²) in [7, 11) is 0. The first-order valence-corrected chi connectivity index (χ1v) is 3.93. The van der Waals surface area contributed by atoms with E-state index in [1.54, 1.807) is 0 Å². The van der Waals surface area contributed by atoms with E-state index < -0.39 is 28.7 Å². The number of nitro groups is 1. The molecule has 0 aliphatic rings. The number of nitrogens with one attached hydrogen (secondary N) is 1. The number of carboxylic acid groups (broad SMARTS) is 1. The summed E-state index contributed by atoms with van der Waals surface area (Å²) in [5.74, 6) is -1.34. The highest BCUT2D eigenvalue weighted by atomic mass is 16.6. The minimum absolute atomic E-state index is 0.0587. The normalized spacial score (nSPS) is 12.3. The molecule has 0 aliphatic heterocycles. The lowest BCUT2D eigenvalue weighted by Crippen LogP contribution is -1.94. The third kappa shape index (κ3) is 1.52. The Kier molecular flexibility index (Phi) is 1.44. The topological polar surface area (TPSA) is 96.2 Å². The second-order valence-electron chi connectivity index (χ2n) is 2.82. The molecule has 76 valence electrons. The Morgan fingerprint density at radius 3 is 2.87 bits per heavy atom. The third-order valence-corrected chi connectivity index (χ3v) is 1.85. The van der Waals surface area contributed by atoms with Gasteiger partial charge in [-0.3, -0.25) is 10.1 Å². The van der Waals surface area contributed by atoms with Crippen LogP contribution >= 0.6 is 0 Å². The Balaban J connectivity index is 2.86. The zero-order chi connectivity index (χ0) is 12.7.